The summed E-state index contributed by atoms with van der Waals surface area (Å²) < 4.78 is 1.64. The van der Waals surface area contributed by atoms with Crippen LogP contribution in [-0.2, 0) is 4.79 Å². The molecule has 0 spiro atoms. The number of amides is 2. The van der Waals surface area contributed by atoms with E-state index < -0.39 is 0 Å². The van der Waals surface area contributed by atoms with Crippen LogP contribution in [0.5, 0.6) is 0 Å². The minimum atomic E-state index is -0.264. The van der Waals surface area contributed by atoms with Crippen molar-refractivity contribution in [2.24, 2.45) is 0 Å². The summed E-state index contributed by atoms with van der Waals surface area (Å²) in [6.07, 6.45) is 4.76. The largest absolute Gasteiger partial charge is 0.354 e. The average molecular weight is 302 g/mol. The lowest BCUT2D eigenvalue weighted by atomic mass is 10.2. The van der Waals surface area contributed by atoms with Crippen molar-refractivity contribution < 1.29 is 9.59 Å². The topological polar surface area (TPSA) is 102 Å². The average Bonchev–Trinajstić information content (AvgIpc) is 3.00. The first-order valence-corrected chi connectivity index (χ1v) is 6.95. The van der Waals surface area contributed by atoms with Crippen LogP contribution in [0.15, 0.2) is 31.0 Å². The van der Waals surface area contributed by atoms with Gasteiger partial charge in [0.1, 0.15) is 18.5 Å². The van der Waals surface area contributed by atoms with Crippen LogP contribution in [0.3, 0.4) is 0 Å². The number of hydrogen-bond donors (Lipinski definition) is 2. The van der Waals surface area contributed by atoms with E-state index in [9.17, 15) is 9.59 Å². The van der Waals surface area contributed by atoms with Crippen molar-refractivity contribution in [1.29, 1.82) is 0 Å². The van der Waals surface area contributed by atoms with Gasteiger partial charge in [-0.2, -0.15) is 0 Å². The second-order valence-corrected chi connectivity index (χ2v) is 5.00. The van der Waals surface area contributed by atoms with Crippen LogP contribution >= 0.6 is 0 Å². The highest BCUT2D eigenvalue weighted by Crippen LogP contribution is 2.04. The first-order chi connectivity index (χ1) is 10.6. The summed E-state index contributed by atoms with van der Waals surface area (Å²) in [7, 11) is 0. The second kappa shape index (κ2) is 7.30. The maximum Gasteiger partial charge on any atom is 0.252 e. The Labute approximate surface area is 128 Å². The van der Waals surface area contributed by atoms with Crippen LogP contribution in [0.2, 0.25) is 0 Å². The third-order valence-corrected chi connectivity index (χ3v) is 2.78. The minimum absolute atomic E-state index is 0.0867. The number of hydrogen-bond acceptors (Lipinski definition) is 5. The van der Waals surface area contributed by atoms with Crippen molar-refractivity contribution in [3.8, 4) is 5.82 Å². The van der Waals surface area contributed by atoms with Gasteiger partial charge in [-0.3, -0.25) is 14.2 Å². The molecule has 0 atom stereocenters. The van der Waals surface area contributed by atoms with E-state index in [1.807, 2.05) is 13.8 Å². The van der Waals surface area contributed by atoms with Crippen LogP contribution < -0.4 is 10.6 Å². The predicted octanol–water partition coefficient (Wildman–Crippen LogP) is 0.307. The maximum absolute atomic E-state index is 11.9. The smallest absolute Gasteiger partial charge is 0.252 e. The standard InChI is InChI=1S/C14H18N6O2/c1-10(2)19-13(21)5-6-15-14(22)11-3-4-12(16-7-11)20-8-17-18-9-20/h3-4,7-10H,5-6H2,1-2H3,(H,15,22)(H,19,21). The zero-order valence-electron chi connectivity index (χ0n) is 12.5. The van der Waals surface area contributed by atoms with Crippen molar-refractivity contribution in [1.82, 2.24) is 30.4 Å². The molecule has 2 amide bonds. The maximum atomic E-state index is 11.9. The Morgan fingerprint density at radius 1 is 1.23 bits per heavy atom. The number of aromatic nitrogens is 4. The van der Waals surface area contributed by atoms with Crippen LogP contribution in [0.25, 0.3) is 5.82 Å². The molecule has 2 rings (SSSR count). The van der Waals surface area contributed by atoms with Gasteiger partial charge in [0.15, 0.2) is 0 Å². The van der Waals surface area contributed by atoms with Crippen LogP contribution in [0.4, 0.5) is 0 Å². The zero-order chi connectivity index (χ0) is 15.9. The number of nitrogens with one attached hydrogen (secondary N) is 2. The molecule has 116 valence electrons. The van der Waals surface area contributed by atoms with Gasteiger partial charge in [-0.25, -0.2) is 4.98 Å². The van der Waals surface area contributed by atoms with E-state index in [0.29, 0.717) is 11.4 Å². The van der Waals surface area contributed by atoms with Crippen molar-refractivity contribution >= 4 is 11.8 Å². The van der Waals surface area contributed by atoms with Gasteiger partial charge in [-0.1, -0.05) is 0 Å². The molecule has 0 aliphatic heterocycles. The molecule has 0 bridgehead atoms. The van der Waals surface area contributed by atoms with E-state index in [-0.39, 0.29) is 30.8 Å². The number of pyridine rings is 1. The molecule has 22 heavy (non-hydrogen) atoms. The third kappa shape index (κ3) is 4.37. The van der Waals surface area contributed by atoms with E-state index in [4.69, 9.17) is 0 Å². The summed E-state index contributed by atoms with van der Waals surface area (Å²) in [6, 6.07) is 3.45. The molecular weight excluding hydrogens is 284 g/mol. The summed E-state index contributed by atoms with van der Waals surface area (Å²) in [4.78, 5) is 27.6. The Kier molecular flexibility index (Phi) is 5.18. The van der Waals surface area contributed by atoms with Gasteiger partial charge in [0.25, 0.3) is 5.91 Å². The number of carbonyl (C=O) groups is 2. The molecule has 2 N–H and O–H groups in total. The number of rotatable bonds is 6. The van der Waals surface area contributed by atoms with Gasteiger partial charge in [-0.15, -0.1) is 10.2 Å². The van der Waals surface area contributed by atoms with Crippen LogP contribution in [0, 0.1) is 0 Å². The molecule has 0 radical (unpaired) electrons. The van der Waals surface area contributed by atoms with Crippen molar-refractivity contribution in [2.45, 2.75) is 26.3 Å². The Hall–Kier alpha value is -2.77. The lowest BCUT2D eigenvalue weighted by Gasteiger charge is -2.09. The summed E-state index contributed by atoms with van der Waals surface area (Å²) in [5.41, 5.74) is 0.432. The summed E-state index contributed by atoms with van der Waals surface area (Å²) in [6.45, 7) is 4.06. The highest BCUT2D eigenvalue weighted by atomic mass is 16.2. The van der Waals surface area contributed by atoms with Gasteiger partial charge in [-0.05, 0) is 26.0 Å². The molecule has 2 aromatic rings. The van der Waals surface area contributed by atoms with Gasteiger partial charge in [0, 0.05) is 25.2 Å². The number of carbonyl (C=O) groups excluding carboxylic acids is 2. The van der Waals surface area contributed by atoms with Crippen molar-refractivity contribution in [3.05, 3.63) is 36.5 Å². The van der Waals surface area contributed by atoms with E-state index in [1.54, 1.807) is 16.7 Å². The third-order valence-electron chi connectivity index (χ3n) is 2.78. The predicted molar refractivity (Wildman–Crippen MR) is 79.4 cm³/mol. The first-order valence-electron chi connectivity index (χ1n) is 6.95. The summed E-state index contributed by atoms with van der Waals surface area (Å²) >= 11 is 0. The highest BCUT2D eigenvalue weighted by Gasteiger charge is 2.08. The van der Waals surface area contributed by atoms with E-state index in [1.165, 1.54) is 18.9 Å². The molecule has 0 unspecified atom stereocenters. The zero-order valence-corrected chi connectivity index (χ0v) is 12.5. The van der Waals surface area contributed by atoms with Crippen molar-refractivity contribution in [3.63, 3.8) is 0 Å². The highest BCUT2D eigenvalue weighted by molar-refractivity contribution is 5.94. The quantitative estimate of drug-likeness (QED) is 0.799. The van der Waals surface area contributed by atoms with Crippen molar-refractivity contribution in [2.75, 3.05) is 6.54 Å². The van der Waals surface area contributed by atoms with Crippen LogP contribution in [-0.4, -0.2) is 44.1 Å². The van der Waals surface area contributed by atoms with Gasteiger partial charge in [0.2, 0.25) is 5.91 Å². The SMILES string of the molecule is CC(C)NC(=O)CCNC(=O)c1ccc(-n2cnnc2)nc1. The van der Waals surface area contributed by atoms with Gasteiger partial charge in [0.05, 0.1) is 5.56 Å². The fraction of sp³-hybridized carbons (Fsp3) is 0.357. The molecule has 0 aliphatic rings. The fourth-order valence-electron chi connectivity index (χ4n) is 1.78. The fourth-order valence-corrected chi connectivity index (χ4v) is 1.78. The van der Waals surface area contributed by atoms with Crippen LogP contribution in [0.1, 0.15) is 30.6 Å². The second-order valence-electron chi connectivity index (χ2n) is 5.00. The molecule has 0 fully saturated rings. The van der Waals surface area contributed by atoms with E-state index in [0.717, 1.165) is 0 Å². The lowest BCUT2D eigenvalue weighted by Crippen LogP contribution is -2.34. The molecule has 8 nitrogen and oxygen atoms in total. The summed E-state index contributed by atoms with van der Waals surface area (Å²) in [5, 5.41) is 12.8. The first kappa shape index (κ1) is 15.6. The Morgan fingerprint density at radius 2 is 1.95 bits per heavy atom. The van der Waals surface area contributed by atoms with E-state index in [2.05, 4.69) is 25.8 Å². The normalized spacial score (nSPS) is 10.5. The monoisotopic (exact) mass is 302 g/mol. The molecule has 0 aromatic carbocycles. The molecule has 2 heterocycles. The number of nitrogens with zero attached hydrogens (tertiary/aromatic N) is 4. The Morgan fingerprint density at radius 3 is 2.55 bits per heavy atom. The summed E-state index contributed by atoms with van der Waals surface area (Å²) in [5.74, 6) is 0.273. The molecular formula is C14H18N6O2. The van der Waals surface area contributed by atoms with E-state index >= 15 is 0 Å². The molecule has 2 aromatic heterocycles. The molecule has 0 aliphatic carbocycles. The Balaban J connectivity index is 1.84. The van der Waals surface area contributed by atoms with Gasteiger partial charge < -0.3 is 10.6 Å². The Bertz CT molecular complexity index is 621. The minimum Gasteiger partial charge on any atom is -0.354 e. The molecule has 0 saturated carbocycles. The van der Waals surface area contributed by atoms with Gasteiger partial charge >= 0.3 is 0 Å². The molecule has 8 heteroatoms. The lowest BCUT2D eigenvalue weighted by molar-refractivity contribution is -0.121. The molecule has 0 saturated heterocycles.